The van der Waals surface area contributed by atoms with Crippen molar-refractivity contribution in [3.05, 3.63) is 29.8 Å². The van der Waals surface area contributed by atoms with Crippen LogP contribution >= 0.6 is 0 Å². The van der Waals surface area contributed by atoms with Crippen molar-refractivity contribution >= 4 is 17.5 Å². The van der Waals surface area contributed by atoms with Crippen LogP contribution in [0, 0.1) is 0 Å². The number of nitrogens with one attached hydrogen (secondary N) is 1. The third-order valence-corrected chi connectivity index (χ3v) is 3.72. The molecule has 22 heavy (non-hydrogen) atoms. The van der Waals surface area contributed by atoms with Crippen LogP contribution in [0.4, 0.5) is 5.69 Å². The molecule has 1 aliphatic heterocycles. The predicted octanol–water partition coefficient (Wildman–Crippen LogP) is 2.36. The lowest BCUT2D eigenvalue weighted by atomic mass is 10.1. The lowest BCUT2D eigenvalue weighted by Gasteiger charge is -2.26. The van der Waals surface area contributed by atoms with E-state index in [4.69, 9.17) is 4.74 Å². The van der Waals surface area contributed by atoms with E-state index >= 15 is 0 Å². The average Bonchev–Trinajstić information content (AvgIpc) is 2.55. The van der Waals surface area contributed by atoms with E-state index < -0.39 is 0 Å². The van der Waals surface area contributed by atoms with E-state index in [1.165, 1.54) is 0 Å². The number of piperidine rings is 1. The number of carbonyl (C=O) groups is 2. The zero-order valence-electron chi connectivity index (χ0n) is 13.1. The maximum absolute atomic E-state index is 12.0. The summed E-state index contributed by atoms with van der Waals surface area (Å²) in [5, 5.41) is 2.87. The molecule has 0 radical (unpaired) electrons. The van der Waals surface area contributed by atoms with Crippen molar-refractivity contribution in [3.63, 3.8) is 0 Å². The van der Waals surface area contributed by atoms with Gasteiger partial charge in [-0.15, -0.1) is 0 Å². The van der Waals surface area contributed by atoms with Gasteiger partial charge in [-0.25, -0.2) is 0 Å². The standard InChI is InChI=1S/C17H24N2O3/c1-2-22-13-5-11-18-17(21)14-7-9-15(10-8-14)19-12-4-3-6-16(19)20/h7-10H,2-6,11-13H2,1H3,(H,18,21). The first kappa shape index (κ1) is 16.5. The highest BCUT2D eigenvalue weighted by atomic mass is 16.5. The molecule has 1 aromatic carbocycles. The summed E-state index contributed by atoms with van der Waals surface area (Å²) in [6, 6.07) is 7.24. The molecule has 0 saturated carbocycles. The molecule has 2 rings (SSSR count). The Labute approximate surface area is 131 Å². The molecule has 120 valence electrons. The van der Waals surface area contributed by atoms with Gasteiger partial charge in [0.1, 0.15) is 0 Å². The minimum Gasteiger partial charge on any atom is -0.382 e. The Kier molecular flexibility index (Phi) is 6.40. The molecular formula is C17H24N2O3. The minimum absolute atomic E-state index is 0.0898. The first-order valence-electron chi connectivity index (χ1n) is 7.98. The Hall–Kier alpha value is -1.88. The highest BCUT2D eigenvalue weighted by molar-refractivity contribution is 5.96. The van der Waals surface area contributed by atoms with Crippen LogP contribution in [-0.2, 0) is 9.53 Å². The number of anilines is 1. The Balaban J connectivity index is 1.85. The number of amides is 2. The molecule has 1 saturated heterocycles. The van der Waals surface area contributed by atoms with Gasteiger partial charge in [0.05, 0.1) is 0 Å². The van der Waals surface area contributed by atoms with Gasteiger partial charge < -0.3 is 15.0 Å². The van der Waals surface area contributed by atoms with Gasteiger partial charge in [0, 0.05) is 44.0 Å². The Bertz CT molecular complexity index is 499. The summed E-state index contributed by atoms with van der Waals surface area (Å²) in [7, 11) is 0. The fraction of sp³-hybridized carbons (Fsp3) is 0.529. The van der Waals surface area contributed by atoms with Crippen molar-refractivity contribution in [2.24, 2.45) is 0 Å². The van der Waals surface area contributed by atoms with E-state index in [2.05, 4.69) is 5.32 Å². The average molecular weight is 304 g/mol. The van der Waals surface area contributed by atoms with E-state index in [1.54, 1.807) is 17.0 Å². The van der Waals surface area contributed by atoms with Crippen molar-refractivity contribution < 1.29 is 14.3 Å². The smallest absolute Gasteiger partial charge is 0.251 e. The highest BCUT2D eigenvalue weighted by Gasteiger charge is 2.19. The summed E-state index contributed by atoms with van der Waals surface area (Å²) >= 11 is 0. The first-order valence-corrected chi connectivity index (χ1v) is 7.98. The SMILES string of the molecule is CCOCCCNC(=O)c1ccc(N2CCCCC2=O)cc1. The van der Waals surface area contributed by atoms with Gasteiger partial charge in [-0.3, -0.25) is 9.59 Å². The molecule has 1 aliphatic rings. The van der Waals surface area contributed by atoms with Crippen molar-refractivity contribution in [3.8, 4) is 0 Å². The van der Waals surface area contributed by atoms with E-state index in [-0.39, 0.29) is 11.8 Å². The van der Waals surface area contributed by atoms with Gasteiger partial charge >= 0.3 is 0 Å². The van der Waals surface area contributed by atoms with Crippen molar-refractivity contribution in [1.29, 1.82) is 0 Å². The first-order chi connectivity index (χ1) is 10.7. The molecular weight excluding hydrogens is 280 g/mol. The van der Waals surface area contributed by atoms with Gasteiger partial charge in [-0.1, -0.05) is 0 Å². The molecule has 1 aromatic rings. The van der Waals surface area contributed by atoms with Gasteiger partial charge in [-0.2, -0.15) is 0 Å². The molecule has 5 nitrogen and oxygen atoms in total. The Morgan fingerprint density at radius 1 is 1.27 bits per heavy atom. The molecule has 0 atom stereocenters. The summed E-state index contributed by atoms with van der Waals surface area (Å²) in [5.41, 5.74) is 1.49. The topological polar surface area (TPSA) is 58.6 Å². The third kappa shape index (κ3) is 4.56. The molecule has 1 N–H and O–H groups in total. The van der Waals surface area contributed by atoms with E-state index in [0.717, 1.165) is 31.5 Å². The third-order valence-electron chi connectivity index (χ3n) is 3.72. The fourth-order valence-corrected chi connectivity index (χ4v) is 2.49. The van der Waals surface area contributed by atoms with E-state index in [0.29, 0.717) is 31.7 Å². The van der Waals surface area contributed by atoms with E-state index in [1.807, 2.05) is 19.1 Å². The van der Waals surface area contributed by atoms with Crippen LogP contribution in [0.15, 0.2) is 24.3 Å². The monoisotopic (exact) mass is 304 g/mol. The van der Waals surface area contributed by atoms with Crippen LogP contribution in [-0.4, -0.2) is 38.1 Å². The second-order valence-electron chi connectivity index (χ2n) is 5.36. The number of hydrogen-bond donors (Lipinski definition) is 1. The molecule has 0 spiro atoms. The summed E-state index contributed by atoms with van der Waals surface area (Å²) in [5.74, 6) is 0.0763. The molecule has 0 unspecified atom stereocenters. The second kappa shape index (κ2) is 8.54. The highest BCUT2D eigenvalue weighted by Crippen LogP contribution is 2.21. The summed E-state index contributed by atoms with van der Waals surface area (Å²) < 4.78 is 5.23. The van der Waals surface area contributed by atoms with Crippen LogP contribution in [0.1, 0.15) is 43.0 Å². The zero-order valence-corrected chi connectivity index (χ0v) is 13.1. The number of carbonyl (C=O) groups excluding carboxylic acids is 2. The van der Waals surface area contributed by atoms with Gasteiger partial charge in [0.25, 0.3) is 5.91 Å². The van der Waals surface area contributed by atoms with Crippen LogP contribution in [0.3, 0.4) is 0 Å². The zero-order chi connectivity index (χ0) is 15.8. The normalized spacial score (nSPS) is 15.0. The van der Waals surface area contributed by atoms with Gasteiger partial charge in [0.2, 0.25) is 5.91 Å². The van der Waals surface area contributed by atoms with Crippen molar-refractivity contribution in [2.45, 2.75) is 32.6 Å². The lowest BCUT2D eigenvalue weighted by Crippen LogP contribution is -2.35. The number of hydrogen-bond acceptors (Lipinski definition) is 3. The maximum Gasteiger partial charge on any atom is 0.251 e. The van der Waals surface area contributed by atoms with Crippen LogP contribution in [0.2, 0.25) is 0 Å². The molecule has 5 heteroatoms. The second-order valence-corrected chi connectivity index (χ2v) is 5.36. The lowest BCUT2D eigenvalue weighted by molar-refractivity contribution is -0.119. The molecule has 0 aromatic heterocycles. The molecule has 0 bridgehead atoms. The number of rotatable bonds is 7. The largest absolute Gasteiger partial charge is 0.382 e. The van der Waals surface area contributed by atoms with Gasteiger partial charge in [-0.05, 0) is 50.5 Å². The predicted molar refractivity (Wildman–Crippen MR) is 86.1 cm³/mol. The minimum atomic E-state index is -0.0898. The number of ether oxygens (including phenoxy) is 1. The van der Waals surface area contributed by atoms with Gasteiger partial charge in [0.15, 0.2) is 0 Å². The Morgan fingerprint density at radius 2 is 2.05 bits per heavy atom. The van der Waals surface area contributed by atoms with E-state index in [9.17, 15) is 9.59 Å². The molecule has 0 aliphatic carbocycles. The van der Waals surface area contributed by atoms with Crippen LogP contribution in [0.5, 0.6) is 0 Å². The summed E-state index contributed by atoms with van der Waals surface area (Å²) in [6.45, 7) is 4.68. The number of benzene rings is 1. The van der Waals surface area contributed by atoms with Crippen LogP contribution in [0.25, 0.3) is 0 Å². The van der Waals surface area contributed by atoms with Crippen LogP contribution < -0.4 is 10.2 Å². The summed E-state index contributed by atoms with van der Waals surface area (Å²) in [6.07, 6.45) is 3.42. The maximum atomic E-state index is 12.0. The molecule has 1 heterocycles. The van der Waals surface area contributed by atoms with Crippen molar-refractivity contribution in [2.75, 3.05) is 31.2 Å². The Morgan fingerprint density at radius 3 is 2.73 bits per heavy atom. The molecule has 2 amide bonds. The quantitative estimate of drug-likeness (QED) is 0.787. The summed E-state index contributed by atoms with van der Waals surface area (Å²) in [4.78, 5) is 25.7. The number of nitrogens with zero attached hydrogens (tertiary/aromatic N) is 1. The fourth-order valence-electron chi connectivity index (χ4n) is 2.49. The van der Waals surface area contributed by atoms with Crippen molar-refractivity contribution in [1.82, 2.24) is 5.32 Å². The molecule has 1 fully saturated rings.